The van der Waals surface area contributed by atoms with Crippen molar-refractivity contribution < 1.29 is 9.21 Å². The minimum atomic E-state index is -0.377. The summed E-state index contributed by atoms with van der Waals surface area (Å²) in [5, 5.41) is 14.8. The van der Waals surface area contributed by atoms with Crippen LogP contribution in [0.25, 0.3) is 11.5 Å². The first-order chi connectivity index (χ1) is 11.8. The summed E-state index contributed by atoms with van der Waals surface area (Å²) in [5.74, 6) is -0.0138. The number of anilines is 1. The molecule has 7 nitrogen and oxygen atoms in total. The Kier molecular flexibility index (Phi) is 4.39. The molecule has 0 saturated carbocycles. The van der Waals surface area contributed by atoms with Crippen LogP contribution in [0.15, 0.2) is 28.7 Å². The normalized spacial score (nSPS) is 11.1. The molecule has 0 atom stereocenters. The summed E-state index contributed by atoms with van der Waals surface area (Å²) >= 11 is 0. The van der Waals surface area contributed by atoms with Gasteiger partial charge in [0.1, 0.15) is 0 Å². The zero-order chi connectivity index (χ0) is 18.1. The fraction of sp³-hybridized carbons (Fsp3) is 0.333. The van der Waals surface area contributed by atoms with E-state index < -0.39 is 0 Å². The van der Waals surface area contributed by atoms with E-state index in [1.54, 1.807) is 10.7 Å². The van der Waals surface area contributed by atoms with Crippen LogP contribution in [0.5, 0.6) is 0 Å². The number of carbonyl (C=O) groups is 1. The molecule has 0 unspecified atom stereocenters. The molecule has 1 aromatic carbocycles. The smallest absolute Gasteiger partial charge is 0.322 e. The molecular weight excluding hydrogens is 318 g/mol. The van der Waals surface area contributed by atoms with Crippen molar-refractivity contribution in [2.75, 3.05) is 5.32 Å². The maximum absolute atomic E-state index is 12.3. The highest BCUT2D eigenvalue weighted by Crippen LogP contribution is 2.22. The van der Waals surface area contributed by atoms with Crippen LogP contribution in [0.3, 0.4) is 0 Å². The molecule has 7 heteroatoms. The number of benzene rings is 1. The van der Waals surface area contributed by atoms with Gasteiger partial charge in [-0.2, -0.15) is 5.10 Å². The van der Waals surface area contributed by atoms with Crippen molar-refractivity contribution >= 4 is 11.9 Å². The topological polar surface area (TPSA) is 85.8 Å². The largest absolute Gasteiger partial charge is 0.403 e. The number of amides is 1. The van der Waals surface area contributed by atoms with Gasteiger partial charge >= 0.3 is 6.01 Å². The van der Waals surface area contributed by atoms with E-state index >= 15 is 0 Å². The summed E-state index contributed by atoms with van der Waals surface area (Å²) < 4.78 is 7.35. The first-order valence-corrected chi connectivity index (χ1v) is 8.14. The van der Waals surface area contributed by atoms with Gasteiger partial charge in [0.15, 0.2) is 5.69 Å². The zero-order valence-electron chi connectivity index (χ0n) is 15.0. The van der Waals surface area contributed by atoms with Gasteiger partial charge in [-0.3, -0.25) is 14.8 Å². The first kappa shape index (κ1) is 16.9. The lowest BCUT2D eigenvalue weighted by Crippen LogP contribution is -2.14. The molecule has 2 heterocycles. The maximum atomic E-state index is 12.3. The fourth-order valence-corrected chi connectivity index (χ4v) is 2.55. The van der Waals surface area contributed by atoms with Gasteiger partial charge in [0.05, 0.1) is 0 Å². The summed E-state index contributed by atoms with van der Waals surface area (Å²) in [7, 11) is 0. The van der Waals surface area contributed by atoms with Gasteiger partial charge in [-0.25, -0.2) is 0 Å². The number of hydrogen-bond acceptors (Lipinski definition) is 5. The number of hydrogen-bond donors (Lipinski definition) is 1. The monoisotopic (exact) mass is 339 g/mol. The second kappa shape index (κ2) is 6.51. The quantitative estimate of drug-likeness (QED) is 0.783. The van der Waals surface area contributed by atoms with Crippen molar-refractivity contribution in [1.29, 1.82) is 0 Å². The fourth-order valence-electron chi connectivity index (χ4n) is 2.55. The van der Waals surface area contributed by atoms with Crippen molar-refractivity contribution in [3.05, 3.63) is 46.8 Å². The number of rotatable bonds is 4. The number of nitrogens with one attached hydrogen (secondary N) is 1. The molecule has 0 bridgehead atoms. The Hall–Kier alpha value is -2.96. The van der Waals surface area contributed by atoms with Crippen molar-refractivity contribution in [2.24, 2.45) is 0 Å². The zero-order valence-corrected chi connectivity index (χ0v) is 15.0. The Morgan fingerprint density at radius 3 is 2.52 bits per heavy atom. The van der Waals surface area contributed by atoms with Crippen LogP contribution in [0.1, 0.15) is 47.2 Å². The van der Waals surface area contributed by atoms with Crippen LogP contribution in [-0.4, -0.2) is 25.9 Å². The van der Waals surface area contributed by atoms with E-state index in [-0.39, 0.29) is 18.0 Å². The molecule has 3 rings (SSSR count). The van der Waals surface area contributed by atoms with Crippen LogP contribution in [0.2, 0.25) is 0 Å². The van der Waals surface area contributed by atoms with E-state index in [1.165, 1.54) is 5.56 Å². The number of nitrogens with zero attached hydrogens (tertiary/aromatic N) is 4. The molecule has 0 saturated heterocycles. The minimum Gasteiger partial charge on any atom is -0.403 e. The molecular formula is C18H21N5O2. The lowest BCUT2D eigenvalue weighted by atomic mass is 10.1. The second-order valence-corrected chi connectivity index (χ2v) is 6.37. The van der Waals surface area contributed by atoms with E-state index in [9.17, 15) is 4.79 Å². The van der Waals surface area contributed by atoms with Gasteiger partial charge in [-0.15, -0.1) is 5.10 Å². The van der Waals surface area contributed by atoms with Crippen molar-refractivity contribution in [1.82, 2.24) is 20.0 Å². The molecule has 0 aliphatic heterocycles. The van der Waals surface area contributed by atoms with Crippen LogP contribution in [-0.2, 0) is 0 Å². The molecule has 0 aliphatic rings. The molecule has 1 amide bonds. The SMILES string of the molecule is Cc1ccc(-c2nnc(NC(=O)c3cc(C)n(C(C)C)n3)o2)cc1C. The number of aromatic nitrogens is 4. The van der Waals surface area contributed by atoms with Crippen molar-refractivity contribution in [2.45, 2.75) is 40.7 Å². The predicted molar refractivity (Wildman–Crippen MR) is 94.5 cm³/mol. The Balaban J connectivity index is 1.78. The number of carbonyl (C=O) groups excluding carboxylic acids is 1. The van der Waals surface area contributed by atoms with Gasteiger partial charge < -0.3 is 4.42 Å². The minimum absolute atomic E-state index is 0.0509. The molecule has 1 N–H and O–H groups in total. The molecule has 3 aromatic rings. The summed E-state index contributed by atoms with van der Waals surface area (Å²) in [6.07, 6.45) is 0. The van der Waals surface area contributed by atoms with Crippen LogP contribution < -0.4 is 5.32 Å². The Morgan fingerprint density at radius 2 is 1.88 bits per heavy atom. The van der Waals surface area contributed by atoms with Crippen LogP contribution >= 0.6 is 0 Å². The van der Waals surface area contributed by atoms with Crippen LogP contribution in [0, 0.1) is 20.8 Å². The Morgan fingerprint density at radius 1 is 1.12 bits per heavy atom. The Bertz CT molecular complexity index is 923. The van der Waals surface area contributed by atoms with Gasteiger partial charge in [0.2, 0.25) is 5.89 Å². The van der Waals surface area contributed by atoms with Crippen molar-refractivity contribution in [3.8, 4) is 11.5 Å². The van der Waals surface area contributed by atoms with E-state index in [2.05, 4.69) is 20.6 Å². The molecule has 0 spiro atoms. The van der Waals surface area contributed by atoms with Crippen LogP contribution in [0.4, 0.5) is 6.01 Å². The van der Waals surface area contributed by atoms with Gasteiger partial charge in [0, 0.05) is 17.3 Å². The summed E-state index contributed by atoms with van der Waals surface area (Å²) in [5.41, 5.74) is 4.37. The highest BCUT2D eigenvalue weighted by Gasteiger charge is 2.17. The third kappa shape index (κ3) is 3.45. The maximum Gasteiger partial charge on any atom is 0.322 e. The van der Waals surface area contributed by atoms with Gasteiger partial charge in [0.25, 0.3) is 5.91 Å². The van der Waals surface area contributed by atoms with E-state index in [1.807, 2.05) is 52.8 Å². The van der Waals surface area contributed by atoms with E-state index in [0.29, 0.717) is 11.6 Å². The third-order valence-corrected chi connectivity index (χ3v) is 4.04. The molecule has 0 aliphatic carbocycles. The summed E-state index contributed by atoms with van der Waals surface area (Å²) in [6, 6.07) is 7.85. The molecule has 2 aromatic heterocycles. The lowest BCUT2D eigenvalue weighted by molar-refractivity contribution is 0.101. The van der Waals surface area contributed by atoms with Gasteiger partial charge in [-0.1, -0.05) is 11.2 Å². The second-order valence-electron chi connectivity index (χ2n) is 6.37. The molecule has 0 fully saturated rings. The molecule has 0 radical (unpaired) electrons. The average Bonchev–Trinajstić information content (AvgIpc) is 3.17. The average molecular weight is 339 g/mol. The Labute approximate surface area is 146 Å². The molecule has 130 valence electrons. The molecule has 25 heavy (non-hydrogen) atoms. The third-order valence-electron chi connectivity index (χ3n) is 4.04. The predicted octanol–water partition coefficient (Wildman–Crippen LogP) is 3.69. The summed E-state index contributed by atoms with van der Waals surface area (Å²) in [6.45, 7) is 9.99. The van der Waals surface area contributed by atoms with Crippen molar-refractivity contribution in [3.63, 3.8) is 0 Å². The summed E-state index contributed by atoms with van der Waals surface area (Å²) in [4.78, 5) is 12.3. The standard InChI is InChI=1S/C18H21N5O2/c1-10(2)23-13(5)9-15(22-23)16(24)19-18-21-20-17(25-18)14-7-6-11(3)12(4)8-14/h6-10H,1-5H3,(H,19,21,24). The highest BCUT2D eigenvalue weighted by molar-refractivity contribution is 6.01. The van der Waals surface area contributed by atoms with Gasteiger partial charge in [-0.05, 0) is 63.9 Å². The first-order valence-electron chi connectivity index (χ1n) is 8.14. The highest BCUT2D eigenvalue weighted by atomic mass is 16.4. The van der Waals surface area contributed by atoms with E-state index in [4.69, 9.17) is 4.42 Å². The lowest BCUT2D eigenvalue weighted by Gasteiger charge is -2.06. The number of aryl methyl sites for hydroxylation is 3. The van der Waals surface area contributed by atoms with E-state index in [0.717, 1.165) is 16.8 Å².